The Labute approximate surface area is 277 Å². The van der Waals surface area contributed by atoms with E-state index in [9.17, 15) is 9.90 Å². The van der Waals surface area contributed by atoms with Gasteiger partial charge in [-0.3, -0.25) is 9.69 Å². The van der Waals surface area contributed by atoms with E-state index in [1.54, 1.807) is 7.11 Å². The summed E-state index contributed by atoms with van der Waals surface area (Å²) in [6.07, 6.45) is 2.67. The number of aliphatic carboxylic acids is 1. The van der Waals surface area contributed by atoms with Gasteiger partial charge in [0.25, 0.3) is 5.89 Å². The third-order valence-electron chi connectivity index (χ3n) is 7.94. The molecule has 2 heterocycles. The highest BCUT2D eigenvalue weighted by molar-refractivity contribution is 6.31. The minimum atomic E-state index is -0.746. The van der Waals surface area contributed by atoms with Crippen molar-refractivity contribution in [2.45, 2.75) is 72.4 Å². The molecule has 8 nitrogen and oxygen atoms in total. The highest BCUT2D eigenvalue weighted by atomic mass is 35.5. The van der Waals surface area contributed by atoms with Crippen molar-refractivity contribution in [1.82, 2.24) is 15.0 Å². The molecule has 3 N–H and O–H groups in total. The molecule has 1 aromatic heterocycles. The van der Waals surface area contributed by atoms with Crippen LogP contribution in [0.15, 0.2) is 71.3 Å². The summed E-state index contributed by atoms with van der Waals surface area (Å²) in [5, 5.41) is 15.0. The SMILES string of the molecule is CC(C)(C)N.COc1ccc(CC2(C(=O)O)CCN(Cc3ccc(-c4noc(-c5ccc(CC(C)C)c(Cl)c5)n4)cc3)CC2)cc1. The van der Waals surface area contributed by atoms with E-state index in [1.807, 2.05) is 75.4 Å². The summed E-state index contributed by atoms with van der Waals surface area (Å²) >= 11 is 6.50. The van der Waals surface area contributed by atoms with Gasteiger partial charge in [0.1, 0.15) is 5.75 Å². The highest BCUT2D eigenvalue weighted by Crippen LogP contribution is 2.36. The van der Waals surface area contributed by atoms with Gasteiger partial charge in [-0.25, -0.2) is 0 Å². The Bertz CT molecular complexity index is 1560. The molecule has 0 spiro atoms. The summed E-state index contributed by atoms with van der Waals surface area (Å²) in [4.78, 5) is 19.3. The minimum Gasteiger partial charge on any atom is -0.497 e. The van der Waals surface area contributed by atoms with Gasteiger partial charge in [-0.2, -0.15) is 4.98 Å². The third kappa shape index (κ3) is 9.89. The molecule has 46 heavy (non-hydrogen) atoms. The smallest absolute Gasteiger partial charge is 0.310 e. The van der Waals surface area contributed by atoms with Crippen molar-refractivity contribution in [3.63, 3.8) is 0 Å². The Morgan fingerprint density at radius 1 is 1.02 bits per heavy atom. The van der Waals surface area contributed by atoms with Crippen molar-refractivity contribution >= 4 is 17.6 Å². The molecule has 1 fully saturated rings. The Morgan fingerprint density at radius 2 is 1.61 bits per heavy atom. The molecule has 0 atom stereocenters. The van der Waals surface area contributed by atoms with Gasteiger partial charge >= 0.3 is 5.97 Å². The van der Waals surface area contributed by atoms with Crippen LogP contribution in [-0.4, -0.2) is 51.9 Å². The molecule has 1 saturated heterocycles. The number of ether oxygens (including phenoxy) is 1. The molecule has 0 saturated carbocycles. The zero-order valence-corrected chi connectivity index (χ0v) is 28.6. The number of likely N-dealkylation sites (tertiary alicyclic amines) is 1. The summed E-state index contributed by atoms with van der Waals surface area (Å²) < 4.78 is 10.8. The molecule has 5 rings (SSSR count). The molecule has 1 aliphatic rings. The topological polar surface area (TPSA) is 115 Å². The predicted molar refractivity (Wildman–Crippen MR) is 184 cm³/mol. The van der Waals surface area contributed by atoms with Crippen LogP contribution in [0.2, 0.25) is 5.02 Å². The lowest BCUT2D eigenvalue weighted by Crippen LogP contribution is -2.45. The van der Waals surface area contributed by atoms with Gasteiger partial charge in [-0.05, 0) is 106 Å². The minimum absolute atomic E-state index is 0. The van der Waals surface area contributed by atoms with Crippen LogP contribution in [0.3, 0.4) is 0 Å². The molecule has 9 heteroatoms. The van der Waals surface area contributed by atoms with Crippen molar-refractivity contribution in [2.75, 3.05) is 20.2 Å². The molecule has 0 amide bonds. The summed E-state index contributed by atoms with van der Waals surface area (Å²) in [6.45, 7) is 12.5. The monoisotopic (exact) mass is 646 g/mol. The van der Waals surface area contributed by atoms with E-state index in [0.717, 1.165) is 59.6 Å². The predicted octanol–water partition coefficient (Wildman–Crippen LogP) is 7.92. The molecule has 4 aromatic rings. The van der Waals surface area contributed by atoms with Crippen molar-refractivity contribution in [3.8, 4) is 28.6 Å². The first-order chi connectivity index (χ1) is 21.7. The zero-order valence-electron chi connectivity index (χ0n) is 27.8. The van der Waals surface area contributed by atoms with Crippen LogP contribution < -0.4 is 10.5 Å². The average molecular weight is 647 g/mol. The lowest BCUT2D eigenvalue weighted by atomic mass is 9.73. The number of carbonyl (C=O) groups is 1. The number of piperidine rings is 1. The first-order valence-electron chi connectivity index (χ1n) is 15.8. The van der Waals surface area contributed by atoms with E-state index in [0.29, 0.717) is 41.9 Å². The van der Waals surface area contributed by atoms with Gasteiger partial charge in [0.2, 0.25) is 5.82 Å². The third-order valence-corrected chi connectivity index (χ3v) is 8.29. The Balaban J connectivity index is 0.000000892. The fourth-order valence-corrected chi connectivity index (χ4v) is 5.76. The molecule has 0 bridgehead atoms. The van der Waals surface area contributed by atoms with Crippen LogP contribution in [0.1, 0.15) is 64.2 Å². The number of nitrogens with two attached hydrogens (primary N) is 1. The summed E-state index contributed by atoms with van der Waals surface area (Å²) in [5.74, 6) is 1.54. The highest BCUT2D eigenvalue weighted by Gasteiger charge is 2.41. The van der Waals surface area contributed by atoms with E-state index in [1.165, 1.54) is 0 Å². The maximum absolute atomic E-state index is 12.3. The summed E-state index contributed by atoms with van der Waals surface area (Å²) in [5.41, 5.74) is 9.56. The van der Waals surface area contributed by atoms with Crippen molar-refractivity contribution < 1.29 is 19.2 Å². The van der Waals surface area contributed by atoms with Crippen LogP contribution in [0.25, 0.3) is 22.8 Å². The van der Waals surface area contributed by atoms with E-state index >= 15 is 0 Å². The number of carboxylic acids is 1. The van der Waals surface area contributed by atoms with E-state index in [4.69, 9.17) is 26.6 Å². The van der Waals surface area contributed by atoms with E-state index < -0.39 is 11.4 Å². The summed E-state index contributed by atoms with van der Waals surface area (Å²) in [7, 11) is 1.63. The zero-order chi connectivity index (χ0) is 33.5. The number of hydrogen-bond donors (Lipinski definition) is 2. The lowest BCUT2D eigenvalue weighted by molar-refractivity contribution is -0.152. The van der Waals surface area contributed by atoms with Gasteiger partial charge in [-0.15, -0.1) is 0 Å². The molecule has 1 aliphatic heterocycles. The first kappa shape index (κ1) is 35.1. The van der Waals surface area contributed by atoms with Crippen LogP contribution >= 0.6 is 11.6 Å². The second-order valence-corrected chi connectivity index (χ2v) is 14.2. The lowest BCUT2D eigenvalue weighted by Gasteiger charge is -2.39. The molecular formula is C37H47ClN4O4. The second-order valence-electron chi connectivity index (χ2n) is 13.8. The number of rotatable bonds is 10. The summed E-state index contributed by atoms with van der Waals surface area (Å²) in [6, 6.07) is 21.7. The number of halogens is 1. The van der Waals surface area contributed by atoms with Gasteiger partial charge in [0, 0.05) is 28.2 Å². The average Bonchev–Trinajstić information content (AvgIpc) is 3.49. The molecular weight excluding hydrogens is 600 g/mol. The van der Waals surface area contributed by atoms with Crippen molar-refractivity contribution in [2.24, 2.45) is 17.1 Å². The van der Waals surface area contributed by atoms with Crippen LogP contribution in [-0.2, 0) is 24.2 Å². The maximum atomic E-state index is 12.3. The number of hydrogen-bond acceptors (Lipinski definition) is 7. The number of methoxy groups -OCH3 is 1. The number of benzene rings is 3. The fraction of sp³-hybridized carbons (Fsp3) is 0.432. The molecule has 0 aliphatic carbocycles. The molecule has 0 unspecified atom stereocenters. The van der Waals surface area contributed by atoms with E-state index in [-0.39, 0.29) is 5.54 Å². The van der Waals surface area contributed by atoms with Gasteiger partial charge < -0.3 is 20.1 Å². The molecule has 246 valence electrons. The fourth-order valence-electron chi connectivity index (χ4n) is 5.50. The van der Waals surface area contributed by atoms with Crippen LogP contribution in [0, 0.1) is 11.3 Å². The Kier molecular flexibility index (Phi) is 11.6. The van der Waals surface area contributed by atoms with Crippen LogP contribution in [0.4, 0.5) is 0 Å². The number of nitrogens with zero attached hydrogens (tertiary/aromatic N) is 3. The molecule has 3 aromatic carbocycles. The standard InChI is InChI=1S/C33H36ClN3O4.C4H11N/c1-22(2)18-26-10-11-27(19-29(26)34)31-35-30(36-41-31)25-8-4-24(5-9-25)21-37-16-14-33(15-17-37,32(38)39)20-23-6-12-28(40-3)13-7-23;1-4(2,3)5/h4-13,19,22H,14-18,20-21H2,1-3H3,(H,38,39);5H2,1-3H3. The second kappa shape index (κ2) is 15.2. The van der Waals surface area contributed by atoms with E-state index in [2.05, 4.69) is 41.0 Å². The normalized spacial score (nSPS) is 14.9. The van der Waals surface area contributed by atoms with Crippen molar-refractivity contribution in [1.29, 1.82) is 0 Å². The van der Waals surface area contributed by atoms with Gasteiger partial charge in [0.15, 0.2) is 0 Å². The Hall–Kier alpha value is -3.72. The quantitative estimate of drug-likeness (QED) is 0.179. The van der Waals surface area contributed by atoms with Gasteiger partial charge in [0.05, 0.1) is 12.5 Å². The number of aromatic nitrogens is 2. The largest absolute Gasteiger partial charge is 0.497 e. The maximum Gasteiger partial charge on any atom is 0.310 e. The van der Waals surface area contributed by atoms with Crippen LogP contribution in [0.5, 0.6) is 5.75 Å². The molecule has 0 radical (unpaired) electrons. The van der Waals surface area contributed by atoms with Gasteiger partial charge in [-0.1, -0.05) is 73.1 Å². The Morgan fingerprint density at radius 3 is 2.15 bits per heavy atom. The van der Waals surface area contributed by atoms with Crippen molar-refractivity contribution in [3.05, 3.63) is 88.4 Å². The first-order valence-corrected chi connectivity index (χ1v) is 16.2. The number of carboxylic acid groups (broad SMARTS) is 1.